The van der Waals surface area contributed by atoms with Gasteiger partial charge in [-0.1, -0.05) is 11.6 Å². The van der Waals surface area contributed by atoms with Gasteiger partial charge in [0.1, 0.15) is 17.2 Å². The number of nitrogens with one attached hydrogen (secondary N) is 1. The van der Waals surface area contributed by atoms with E-state index in [9.17, 15) is 0 Å². The van der Waals surface area contributed by atoms with Crippen molar-refractivity contribution in [1.82, 2.24) is 9.97 Å². The third kappa shape index (κ3) is 3.89. The molecule has 0 aromatic carbocycles. The van der Waals surface area contributed by atoms with Crippen LogP contribution in [0, 0.1) is 0 Å². The molecular formula is C9H14ClN3O. The summed E-state index contributed by atoms with van der Waals surface area (Å²) >= 11 is 5.85. The summed E-state index contributed by atoms with van der Waals surface area (Å²) in [7, 11) is 0. The minimum atomic E-state index is 0.545. The Morgan fingerprint density at radius 2 is 2.43 bits per heavy atom. The van der Waals surface area contributed by atoms with E-state index in [1.807, 2.05) is 6.92 Å². The molecule has 5 heteroatoms. The predicted molar refractivity (Wildman–Crippen MR) is 56.6 cm³/mol. The van der Waals surface area contributed by atoms with Gasteiger partial charge in [-0.15, -0.1) is 0 Å². The molecule has 0 amide bonds. The van der Waals surface area contributed by atoms with Crippen molar-refractivity contribution < 1.29 is 4.74 Å². The average Bonchev–Trinajstić information content (AvgIpc) is 2.20. The van der Waals surface area contributed by atoms with Crippen LogP contribution in [0.4, 0.5) is 5.82 Å². The summed E-state index contributed by atoms with van der Waals surface area (Å²) in [5, 5.41) is 3.65. The molecule has 4 nitrogen and oxygen atoms in total. The number of nitrogens with zero attached hydrogens (tertiary/aromatic N) is 2. The molecule has 1 N–H and O–H groups in total. The summed E-state index contributed by atoms with van der Waals surface area (Å²) in [6, 6.07) is 0. The van der Waals surface area contributed by atoms with Crippen molar-refractivity contribution in [2.75, 3.05) is 25.1 Å². The fourth-order valence-electron chi connectivity index (χ4n) is 0.968. The highest BCUT2D eigenvalue weighted by Crippen LogP contribution is 2.15. The Labute approximate surface area is 88.7 Å². The summed E-state index contributed by atoms with van der Waals surface area (Å²) < 4.78 is 5.20. The minimum Gasteiger partial charge on any atom is -0.382 e. The molecule has 0 aliphatic heterocycles. The van der Waals surface area contributed by atoms with Crippen molar-refractivity contribution in [3.8, 4) is 0 Å². The zero-order valence-electron chi connectivity index (χ0n) is 8.16. The van der Waals surface area contributed by atoms with Crippen LogP contribution in [0.3, 0.4) is 0 Å². The van der Waals surface area contributed by atoms with Gasteiger partial charge < -0.3 is 10.1 Å². The van der Waals surface area contributed by atoms with Gasteiger partial charge in [0.25, 0.3) is 0 Å². The first kappa shape index (κ1) is 11.2. The Hall–Kier alpha value is -0.870. The first-order chi connectivity index (χ1) is 6.84. The number of rotatable bonds is 6. The summed E-state index contributed by atoms with van der Waals surface area (Å²) in [5.41, 5.74) is 0. The highest BCUT2D eigenvalue weighted by Gasteiger charge is 1.98. The van der Waals surface area contributed by atoms with Gasteiger partial charge in [-0.25, -0.2) is 9.97 Å². The van der Waals surface area contributed by atoms with Gasteiger partial charge in [0.05, 0.1) is 6.20 Å². The van der Waals surface area contributed by atoms with Crippen molar-refractivity contribution >= 4 is 17.4 Å². The van der Waals surface area contributed by atoms with Crippen LogP contribution in [0.1, 0.15) is 13.3 Å². The van der Waals surface area contributed by atoms with Gasteiger partial charge in [-0.05, 0) is 13.3 Å². The zero-order valence-corrected chi connectivity index (χ0v) is 8.92. The third-order valence-corrected chi connectivity index (χ3v) is 1.91. The van der Waals surface area contributed by atoms with E-state index < -0.39 is 0 Å². The molecule has 0 atom stereocenters. The Bertz CT molecular complexity index is 270. The van der Waals surface area contributed by atoms with E-state index >= 15 is 0 Å². The molecule has 0 unspecified atom stereocenters. The van der Waals surface area contributed by atoms with Crippen LogP contribution >= 0.6 is 11.6 Å². The first-order valence-corrected chi connectivity index (χ1v) is 4.99. The topological polar surface area (TPSA) is 47.0 Å². The molecule has 1 heterocycles. The molecule has 1 aromatic rings. The second-order valence-electron chi connectivity index (χ2n) is 2.70. The fourth-order valence-corrected chi connectivity index (χ4v) is 1.14. The quantitative estimate of drug-likeness (QED) is 0.738. The lowest BCUT2D eigenvalue weighted by atomic mass is 10.4. The normalized spacial score (nSPS) is 10.1. The van der Waals surface area contributed by atoms with E-state index in [0.29, 0.717) is 10.8 Å². The predicted octanol–water partition coefficient (Wildman–Crippen LogP) is 1.97. The highest BCUT2D eigenvalue weighted by molar-refractivity contribution is 6.32. The molecule has 1 rings (SSSR count). The second-order valence-corrected chi connectivity index (χ2v) is 3.10. The molecule has 0 saturated heterocycles. The lowest BCUT2D eigenvalue weighted by Crippen LogP contribution is -2.07. The molecule has 0 radical (unpaired) electrons. The number of halogens is 1. The van der Waals surface area contributed by atoms with Crippen LogP contribution in [-0.4, -0.2) is 29.7 Å². The Morgan fingerprint density at radius 1 is 1.57 bits per heavy atom. The molecule has 0 aliphatic carbocycles. The lowest BCUT2D eigenvalue weighted by molar-refractivity contribution is 0.147. The number of aromatic nitrogens is 2. The molecule has 0 aliphatic rings. The molecule has 14 heavy (non-hydrogen) atoms. The molecule has 0 spiro atoms. The van der Waals surface area contributed by atoms with Crippen molar-refractivity contribution in [2.24, 2.45) is 0 Å². The highest BCUT2D eigenvalue weighted by atomic mass is 35.5. The van der Waals surface area contributed by atoms with Crippen molar-refractivity contribution in [3.63, 3.8) is 0 Å². The molecule has 0 fully saturated rings. The number of hydrogen-bond donors (Lipinski definition) is 1. The van der Waals surface area contributed by atoms with Gasteiger partial charge in [0, 0.05) is 19.8 Å². The fraction of sp³-hybridized carbons (Fsp3) is 0.556. The van der Waals surface area contributed by atoms with Crippen molar-refractivity contribution in [3.05, 3.63) is 17.5 Å². The van der Waals surface area contributed by atoms with Gasteiger partial charge in [-0.2, -0.15) is 0 Å². The van der Waals surface area contributed by atoms with E-state index in [2.05, 4.69) is 15.3 Å². The van der Waals surface area contributed by atoms with E-state index in [1.165, 1.54) is 6.33 Å². The van der Waals surface area contributed by atoms with Gasteiger partial charge in [0.15, 0.2) is 0 Å². The Balaban J connectivity index is 2.21. The maximum atomic E-state index is 5.85. The van der Waals surface area contributed by atoms with Crippen LogP contribution in [0.5, 0.6) is 0 Å². The Morgan fingerprint density at radius 3 is 3.14 bits per heavy atom. The van der Waals surface area contributed by atoms with Crippen LogP contribution < -0.4 is 5.32 Å². The molecule has 1 aromatic heterocycles. The monoisotopic (exact) mass is 215 g/mol. The zero-order chi connectivity index (χ0) is 10.2. The molecular weight excluding hydrogens is 202 g/mol. The van der Waals surface area contributed by atoms with Gasteiger partial charge in [-0.3, -0.25) is 0 Å². The van der Waals surface area contributed by atoms with Crippen LogP contribution in [-0.2, 0) is 4.74 Å². The average molecular weight is 216 g/mol. The van der Waals surface area contributed by atoms with Crippen LogP contribution in [0.15, 0.2) is 12.5 Å². The number of ether oxygens (including phenoxy) is 1. The standard InChI is InChI=1S/C9H14ClN3O/c1-2-14-5-3-4-12-9-8(10)6-11-7-13-9/h6-7H,2-5H2,1H3,(H,11,12,13). The van der Waals surface area contributed by atoms with Gasteiger partial charge >= 0.3 is 0 Å². The van der Waals surface area contributed by atoms with Crippen LogP contribution in [0.25, 0.3) is 0 Å². The second kappa shape index (κ2) is 6.56. The molecule has 78 valence electrons. The number of hydrogen-bond acceptors (Lipinski definition) is 4. The first-order valence-electron chi connectivity index (χ1n) is 4.61. The van der Waals surface area contributed by atoms with E-state index in [4.69, 9.17) is 16.3 Å². The largest absolute Gasteiger partial charge is 0.382 e. The van der Waals surface area contributed by atoms with E-state index in [1.54, 1.807) is 6.20 Å². The summed E-state index contributed by atoms with van der Waals surface area (Å²) in [5.74, 6) is 0.679. The number of anilines is 1. The third-order valence-electron chi connectivity index (χ3n) is 1.63. The Kier molecular flexibility index (Phi) is 5.25. The van der Waals surface area contributed by atoms with Crippen molar-refractivity contribution in [1.29, 1.82) is 0 Å². The van der Waals surface area contributed by atoms with Crippen molar-refractivity contribution in [2.45, 2.75) is 13.3 Å². The SMILES string of the molecule is CCOCCCNc1ncncc1Cl. The smallest absolute Gasteiger partial charge is 0.148 e. The summed E-state index contributed by atoms with van der Waals surface area (Å²) in [4.78, 5) is 7.80. The summed E-state index contributed by atoms with van der Waals surface area (Å²) in [6.07, 6.45) is 3.98. The molecule has 0 saturated carbocycles. The maximum Gasteiger partial charge on any atom is 0.148 e. The van der Waals surface area contributed by atoms with E-state index in [-0.39, 0.29) is 0 Å². The minimum absolute atomic E-state index is 0.545. The van der Waals surface area contributed by atoms with E-state index in [0.717, 1.165) is 26.2 Å². The maximum absolute atomic E-state index is 5.85. The van der Waals surface area contributed by atoms with Gasteiger partial charge in [0.2, 0.25) is 0 Å². The van der Waals surface area contributed by atoms with Crippen LogP contribution in [0.2, 0.25) is 5.02 Å². The summed E-state index contributed by atoms with van der Waals surface area (Å²) in [6.45, 7) is 4.30. The molecule has 0 bridgehead atoms. The lowest BCUT2D eigenvalue weighted by Gasteiger charge is -2.06.